The Morgan fingerprint density at radius 3 is 2.39 bits per heavy atom. The lowest BCUT2D eigenvalue weighted by atomic mass is 9.98. The molecule has 0 fully saturated rings. The van der Waals surface area contributed by atoms with Gasteiger partial charge in [-0.05, 0) is 17.6 Å². The smallest absolute Gasteiger partial charge is 0.219 e. The molecule has 0 saturated carbocycles. The first-order valence-corrected chi connectivity index (χ1v) is 6.36. The van der Waals surface area contributed by atoms with Crippen molar-refractivity contribution in [3.8, 4) is 0 Å². The molecule has 18 heavy (non-hydrogen) atoms. The quantitative estimate of drug-likeness (QED) is 0.730. The highest BCUT2D eigenvalue weighted by atomic mass is 16.2. The van der Waals surface area contributed by atoms with Gasteiger partial charge in [-0.1, -0.05) is 30.3 Å². The van der Waals surface area contributed by atoms with Crippen molar-refractivity contribution in [3.05, 3.63) is 47.5 Å². The van der Waals surface area contributed by atoms with E-state index in [1.165, 1.54) is 11.1 Å². The van der Waals surface area contributed by atoms with Gasteiger partial charge in [-0.15, -0.1) is 0 Å². The van der Waals surface area contributed by atoms with Crippen molar-refractivity contribution < 1.29 is 9.37 Å². The first-order chi connectivity index (χ1) is 8.47. The first kappa shape index (κ1) is 12.7. The number of carbonyl (C=O) groups is 1. The van der Waals surface area contributed by atoms with E-state index in [0.717, 1.165) is 6.42 Å². The van der Waals surface area contributed by atoms with Crippen LogP contribution < -0.4 is 0 Å². The van der Waals surface area contributed by atoms with E-state index in [9.17, 15) is 4.79 Å². The van der Waals surface area contributed by atoms with Crippen LogP contribution in [0.4, 0.5) is 0 Å². The van der Waals surface area contributed by atoms with Crippen LogP contribution >= 0.6 is 0 Å². The summed E-state index contributed by atoms with van der Waals surface area (Å²) in [5, 5.41) is 0. The molecule has 2 nitrogen and oxygen atoms in total. The Morgan fingerprint density at radius 2 is 1.83 bits per heavy atom. The van der Waals surface area contributed by atoms with Gasteiger partial charge in [0.1, 0.15) is 0 Å². The predicted molar refractivity (Wildman–Crippen MR) is 73.9 cm³/mol. The first-order valence-electron chi connectivity index (χ1n) is 6.36. The molecule has 0 N–H and O–H groups in total. The molecule has 0 aliphatic carbocycles. The summed E-state index contributed by atoms with van der Waals surface area (Å²) in [6.45, 7) is 6.16. The highest BCUT2D eigenvalue weighted by Crippen LogP contribution is 2.18. The maximum atomic E-state index is 12.1. The van der Waals surface area contributed by atoms with Crippen molar-refractivity contribution in [1.29, 1.82) is 0 Å². The zero-order valence-corrected chi connectivity index (χ0v) is 11.3. The van der Waals surface area contributed by atoms with Crippen molar-refractivity contribution in [2.24, 2.45) is 0 Å². The molecule has 0 bridgehead atoms. The third-order valence-electron chi connectivity index (χ3n) is 3.10. The number of nitrogens with zero attached hydrogens (tertiary/aromatic N) is 1. The molecule has 2 heteroatoms. The van der Waals surface area contributed by atoms with Gasteiger partial charge < -0.3 is 0 Å². The van der Waals surface area contributed by atoms with Crippen LogP contribution in [0.3, 0.4) is 0 Å². The van der Waals surface area contributed by atoms with Crippen molar-refractivity contribution in [2.75, 3.05) is 0 Å². The highest BCUT2D eigenvalue weighted by molar-refractivity contribution is 5.83. The minimum Gasteiger partial charge on any atom is -0.219 e. The molecule has 0 aromatic heterocycles. The van der Waals surface area contributed by atoms with Crippen LogP contribution in [0, 0.1) is 0 Å². The predicted octanol–water partition coefficient (Wildman–Crippen LogP) is 2.97. The lowest BCUT2D eigenvalue weighted by molar-refractivity contribution is -0.516. The second-order valence-electron chi connectivity index (χ2n) is 5.75. The fourth-order valence-electron chi connectivity index (χ4n) is 2.18. The topological polar surface area (TPSA) is 20.1 Å². The second kappa shape index (κ2) is 4.89. The van der Waals surface area contributed by atoms with Crippen LogP contribution in [-0.2, 0) is 11.2 Å². The highest BCUT2D eigenvalue weighted by Gasteiger charge is 2.33. The molecule has 0 radical (unpaired) electrons. The molecule has 94 valence electrons. The van der Waals surface area contributed by atoms with Gasteiger partial charge in [0.15, 0.2) is 11.8 Å². The summed E-state index contributed by atoms with van der Waals surface area (Å²) in [6.07, 6.45) is 5.40. The Kier molecular flexibility index (Phi) is 3.46. The summed E-state index contributed by atoms with van der Waals surface area (Å²) < 4.78 is 1.82. The maximum absolute atomic E-state index is 12.1. The average molecular weight is 242 g/mol. The zero-order valence-electron chi connectivity index (χ0n) is 11.3. The average Bonchev–Trinajstić information content (AvgIpc) is 2.28. The summed E-state index contributed by atoms with van der Waals surface area (Å²) in [4.78, 5) is 12.1. The largest absolute Gasteiger partial charge is 0.391 e. The van der Waals surface area contributed by atoms with Gasteiger partial charge in [0.25, 0.3) is 0 Å². The Labute approximate surface area is 109 Å². The minimum absolute atomic E-state index is 0.133. The number of rotatable bonds is 2. The number of allylic oxidation sites excluding steroid dienone is 1. The molecule has 0 atom stereocenters. The van der Waals surface area contributed by atoms with Crippen LogP contribution in [0.15, 0.2) is 42.0 Å². The van der Waals surface area contributed by atoms with Crippen molar-refractivity contribution in [3.63, 3.8) is 0 Å². The second-order valence-corrected chi connectivity index (χ2v) is 5.75. The van der Waals surface area contributed by atoms with Crippen LogP contribution in [0.2, 0.25) is 0 Å². The molecular formula is C16H20NO+. The van der Waals surface area contributed by atoms with Crippen molar-refractivity contribution >= 4 is 12.1 Å². The monoisotopic (exact) mass is 242 g/mol. The summed E-state index contributed by atoms with van der Waals surface area (Å²) >= 11 is 0. The molecular weight excluding hydrogens is 222 g/mol. The molecule has 0 saturated heterocycles. The Bertz CT molecular complexity index is 504. The molecule has 1 amide bonds. The fourth-order valence-corrected chi connectivity index (χ4v) is 2.18. The van der Waals surface area contributed by atoms with E-state index in [0.29, 0.717) is 6.42 Å². The van der Waals surface area contributed by atoms with E-state index in [2.05, 4.69) is 39.0 Å². The van der Waals surface area contributed by atoms with E-state index in [4.69, 9.17) is 0 Å². The van der Waals surface area contributed by atoms with Crippen LogP contribution in [-0.4, -0.2) is 22.2 Å². The number of amides is 1. The molecule has 2 rings (SSSR count). The fraction of sp³-hybridized carbons (Fsp3) is 0.375. The lowest BCUT2D eigenvalue weighted by Crippen LogP contribution is -2.39. The van der Waals surface area contributed by atoms with Crippen molar-refractivity contribution in [2.45, 2.75) is 39.2 Å². The zero-order chi connectivity index (χ0) is 13.2. The van der Waals surface area contributed by atoms with E-state index in [-0.39, 0.29) is 11.4 Å². The van der Waals surface area contributed by atoms with Gasteiger partial charge in [0, 0.05) is 26.8 Å². The molecule has 1 aliphatic rings. The molecule has 1 heterocycles. The minimum atomic E-state index is -0.133. The number of benzene rings is 1. The lowest BCUT2D eigenvalue weighted by Gasteiger charge is -2.18. The third-order valence-corrected chi connectivity index (χ3v) is 3.10. The SMILES string of the molecule is CC(C)(C)[N+]1=CC=C(Cc2ccccc2)CC1=O. The number of carbonyl (C=O) groups excluding carboxylic acids is 1. The van der Waals surface area contributed by atoms with Crippen LogP contribution in [0.25, 0.3) is 0 Å². The van der Waals surface area contributed by atoms with E-state index < -0.39 is 0 Å². The third kappa shape index (κ3) is 2.95. The van der Waals surface area contributed by atoms with Crippen LogP contribution in [0.1, 0.15) is 32.8 Å². The molecule has 1 aliphatic heterocycles. The van der Waals surface area contributed by atoms with Crippen molar-refractivity contribution in [1.82, 2.24) is 0 Å². The Hall–Kier alpha value is -1.70. The van der Waals surface area contributed by atoms with Gasteiger partial charge in [-0.2, -0.15) is 4.58 Å². The molecule has 1 aromatic carbocycles. The number of hydrogen-bond donors (Lipinski definition) is 0. The van der Waals surface area contributed by atoms with Gasteiger partial charge in [-0.3, -0.25) is 0 Å². The van der Waals surface area contributed by atoms with Gasteiger partial charge >= 0.3 is 5.91 Å². The maximum Gasteiger partial charge on any atom is 0.391 e. The molecule has 0 unspecified atom stereocenters. The van der Waals surface area contributed by atoms with E-state index in [1.54, 1.807) is 0 Å². The van der Waals surface area contributed by atoms with E-state index in [1.807, 2.05) is 29.0 Å². The van der Waals surface area contributed by atoms with Gasteiger partial charge in [0.2, 0.25) is 0 Å². The molecule has 0 spiro atoms. The van der Waals surface area contributed by atoms with Crippen LogP contribution in [0.5, 0.6) is 0 Å². The Morgan fingerprint density at radius 1 is 1.17 bits per heavy atom. The normalized spacial score (nSPS) is 16.3. The summed E-state index contributed by atoms with van der Waals surface area (Å²) in [5.74, 6) is 0.191. The summed E-state index contributed by atoms with van der Waals surface area (Å²) in [6, 6.07) is 10.3. The number of hydrogen-bond acceptors (Lipinski definition) is 1. The summed E-state index contributed by atoms with van der Waals surface area (Å²) in [5.41, 5.74) is 2.31. The Balaban J connectivity index is 2.17. The van der Waals surface area contributed by atoms with E-state index >= 15 is 0 Å². The summed E-state index contributed by atoms with van der Waals surface area (Å²) in [7, 11) is 0. The van der Waals surface area contributed by atoms with Gasteiger partial charge in [-0.25, -0.2) is 4.79 Å². The molecule has 1 aromatic rings. The standard InChI is InChI=1S/C16H20NO/c1-16(2,3)17-10-9-14(12-15(17)18)11-13-7-5-4-6-8-13/h4-10H,11-12H2,1-3H3/q+1. The van der Waals surface area contributed by atoms with Gasteiger partial charge in [0.05, 0.1) is 6.42 Å².